The molecule has 0 bridgehead atoms. The Labute approximate surface area is 265 Å². The lowest BCUT2D eigenvalue weighted by molar-refractivity contribution is -0.123. The van der Waals surface area contributed by atoms with E-state index in [9.17, 15) is 24.3 Å². The number of para-hydroxylation sites is 1. The van der Waals surface area contributed by atoms with E-state index in [0.29, 0.717) is 34.4 Å². The van der Waals surface area contributed by atoms with Crippen LogP contribution in [0.3, 0.4) is 0 Å². The van der Waals surface area contributed by atoms with Crippen LogP contribution in [0.1, 0.15) is 31.2 Å². The summed E-state index contributed by atoms with van der Waals surface area (Å²) in [5, 5.41) is 13.7. The van der Waals surface area contributed by atoms with E-state index in [0.717, 1.165) is 16.9 Å². The molecule has 4 unspecified atom stereocenters. The summed E-state index contributed by atoms with van der Waals surface area (Å²) >= 11 is 0. The van der Waals surface area contributed by atoms with Crippen LogP contribution in [0.25, 0.3) is 0 Å². The molecular weight excluding hydrogens is 584 g/mol. The number of amides is 2. The molecule has 232 valence electrons. The van der Waals surface area contributed by atoms with Gasteiger partial charge in [-0.25, -0.2) is 0 Å². The van der Waals surface area contributed by atoms with Crippen molar-refractivity contribution in [3.63, 3.8) is 0 Å². The van der Waals surface area contributed by atoms with Crippen LogP contribution in [0, 0.1) is 17.8 Å². The summed E-state index contributed by atoms with van der Waals surface area (Å²) in [7, 11) is 2.91. The van der Waals surface area contributed by atoms with Gasteiger partial charge in [-0.3, -0.25) is 24.1 Å². The van der Waals surface area contributed by atoms with Crippen molar-refractivity contribution in [2.24, 2.45) is 17.8 Å². The average Bonchev–Trinajstić information content (AvgIpc) is 3.32. The van der Waals surface area contributed by atoms with Gasteiger partial charge in [0.15, 0.2) is 11.6 Å². The van der Waals surface area contributed by atoms with Crippen LogP contribution >= 0.6 is 0 Å². The molecule has 0 saturated carbocycles. The van der Waals surface area contributed by atoms with Crippen LogP contribution in [0.4, 0.5) is 17.1 Å². The minimum absolute atomic E-state index is 0.0873. The summed E-state index contributed by atoms with van der Waals surface area (Å²) < 4.78 is 11.4. The van der Waals surface area contributed by atoms with Gasteiger partial charge in [0.1, 0.15) is 17.2 Å². The summed E-state index contributed by atoms with van der Waals surface area (Å²) in [6, 6.07) is 19.7. The zero-order valence-corrected chi connectivity index (χ0v) is 25.6. The fourth-order valence-electron chi connectivity index (χ4n) is 7.56. The molecule has 4 atom stereocenters. The number of imide groups is 1. The number of rotatable bonds is 6. The fraction of sp³-hybridized carbons (Fsp3) is 0.243. The molecule has 2 N–H and O–H groups in total. The number of phenols is 1. The third-order valence-corrected chi connectivity index (χ3v) is 9.57. The van der Waals surface area contributed by atoms with Crippen LogP contribution in [-0.4, -0.2) is 42.7 Å². The molecule has 1 heterocycles. The molecule has 1 fully saturated rings. The standard InChI is InChI=1S/C37H32N2O7/c1-19-15-28(41)32-27(35(19)42)18-26-24(33(32)34-29(45-2)16-23(40)17-30(34)46-3)13-14-25-31(26)37(44)39(36(25)43)22-11-9-21(10-12-22)38-20-7-5-4-6-8-20/h4-13,15-17,25-26,31,33,38,40H,14,18H2,1-3H3. The molecule has 1 saturated heterocycles. The predicted octanol–water partition coefficient (Wildman–Crippen LogP) is 5.79. The molecule has 9 nitrogen and oxygen atoms in total. The van der Waals surface area contributed by atoms with Crippen molar-refractivity contribution in [3.8, 4) is 17.2 Å². The number of ketones is 2. The average molecular weight is 617 g/mol. The number of aromatic hydroxyl groups is 1. The van der Waals surface area contributed by atoms with Crippen molar-refractivity contribution in [2.75, 3.05) is 24.4 Å². The predicted molar refractivity (Wildman–Crippen MR) is 171 cm³/mol. The van der Waals surface area contributed by atoms with Crippen molar-refractivity contribution in [2.45, 2.75) is 25.7 Å². The number of hydrogen-bond acceptors (Lipinski definition) is 8. The summed E-state index contributed by atoms with van der Waals surface area (Å²) in [4.78, 5) is 56.7. The van der Waals surface area contributed by atoms with Crippen LogP contribution in [0.2, 0.25) is 0 Å². The molecule has 1 aliphatic heterocycles. The second-order valence-electron chi connectivity index (χ2n) is 12.0. The van der Waals surface area contributed by atoms with E-state index >= 15 is 0 Å². The Morgan fingerprint density at radius 1 is 0.848 bits per heavy atom. The number of allylic oxidation sites excluding steroid dienone is 6. The lowest BCUT2D eigenvalue weighted by atomic mass is 9.59. The number of carbonyl (C=O) groups is 4. The number of benzene rings is 3. The van der Waals surface area contributed by atoms with E-state index in [1.165, 1.54) is 37.3 Å². The van der Waals surface area contributed by atoms with E-state index < -0.39 is 23.7 Å². The Kier molecular flexibility index (Phi) is 7.11. The maximum absolute atomic E-state index is 14.3. The third kappa shape index (κ3) is 4.53. The van der Waals surface area contributed by atoms with Crippen LogP contribution < -0.4 is 19.7 Å². The van der Waals surface area contributed by atoms with E-state index in [1.807, 2.05) is 48.5 Å². The first-order valence-electron chi connectivity index (χ1n) is 15.2. The molecular formula is C37H32N2O7. The normalized spacial score (nSPS) is 23.8. The lowest BCUT2D eigenvalue weighted by Gasteiger charge is -2.42. The van der Waals surface area contributed by atoms with Crippen LogP contribution in [0.15, 0.2) is 101 Å². The topological polar surface area (TPSA) is 122 Å². The van der Waals surface area contributed by atoms with Gasteiger partial charge < -0.3 is 19.9 Å². The Morgan fingerprint density at radius 2 is 1.50 bits per heavy atom. The van der Waals surface area contributed by atoms with Crippen LogP contribution in [0.5, 0.6) is 17.2 Å². The number of nitrogens with one attached hydrogen (secondary N) is 1. The minimum atomic E-state index is -0.777. The number of ether oxygens (including phenoxy) is 2. The van der Waals surface area contributed by atoms with E-state index in [2.05, 4.69) is 5.32 Å². The maximum Gasteiger partial charge on any atom is 0.238 e. The first-order valence-corrected chi connectivity index (χ1v) is 15.2. The zero-order valence-electron chi connectivity index (χ0n) is 25.6. The SMILES string of the molecule is COc1cc(O)cc(OC)c1C1C2=CCC3C(=O)N(c4ccc(Nc5ccccc5)cc4)C(=O)C3C2CC2=C1C(=O)C=C(C)C2=O. The highest BCUT2D eigenvalue weighted by molar-refractivity contribution is 6.25. The molecule has 3 aliphatic carbocycles. The first-order chi connectivity index (χ1) is 22.2. The van der Waals surface area contributed by atoms with Gasteiger partial charge in [0.25, 0.3) is 0 Å². The highest BCUT2D eigenvalue weighted by atomic mass is 16.5. The number of fused-ring (bicyclic) bond motifs is 3. The lowest BCUT2D eigenvalue weighted by Crippen LogP contribution is -2.40. The number of nitrogens with zero attached hydrogens (tertiary/aromatic N) is 1. The van der Waals surface area contributed by atoms with E-state index in [4.69, 9.17) is 9.47 Å². The number of Topliss-reactive ketones (excluding diaryl/α,β-unsaturated/α-hetero) is 1. The highest BCUT2D eigenvalue weighted by Crippen LogP contribution is 2.58. The molecule has 9 heteroatoms. The molecule has 2 amide bonds. The summed E-state index contributed by atoms with van der Waals surface area (Å²) in [6.45, 7) is 1.61. The molecule has 3 aromatic rings. The Bertz CT molecular complexity index is 1880. The van der Waals surface area contributed by atoms with Crippen molar-refractivity contribution in [1.82, 2.24) is 0 Å². The number of anilines is 3. The maximum atomic E-state index is 14.3. The molecule has 3 aromatic carbocycles. The van der Waals surface area contributed by atoms with Crippen LogP contribution in [-0.2, 0) is 19.2 Å². The van der Waals surface area contributed by atoms with Crippen molar-refractivity contribution in [1.29, 1.82) is 0 Å². The highest BCUT2D eigenvalue weighted by Gasteiger charge is 2.57. The van der Waals surface area contributed by atoms with Gasteiger partial charge in [0, 0.05) is 51.7 Å². The van der Waals surface area contributed by atoms with Crippen molar-refractivity contribution in [3.05, 3.63) is 107 Å². The molecule has 7 rings (SSSR count). The van der Waals surface area contributed by atoms with Gasteiger partial charge in [-0.05, 0) is 68.2 Å². The van der Waals surface area contributed by atoms with Gasteiger partial charge in [-0.15, -0.1) is 0 Å². The van der Waals surface area contributed by atoms with Gasteiger partial charge >= 0.3 is 0 Å². The molecule has 0 radical (unpaired) electrons. The largest absolute Gasteiger partial charge is 0.508 e. The van der Waals surface area contributed by atoms with Crippen molar-refractivity contribution < 1.29 is 33.8 Å². The number of methoxy groups -OCH3 is 2. The number of hydrogen-bond donors (Lipinski definition) is 2. The second-order valence-corrected chi connectivity index (χ2v) is 12.0. The number of phenolic OH excluding ortho intramolecular Hbond substituents is 1. The Balaban J connectivity index is 1.29. The van der Waals surface area contributed by atoms with Gasteiger partial charge in [-0.1, -0.05) is 29.8 Å². The first kappa shape index (κ1) is 29.3. The summed E-state index contributed by atoms with van der Waals surface area (Å²) in [5.41, 5.74) is 4.42. The second kappa shape index (κ2) is 11.2. The molecule has 0 aromatic heterocycles. The number of carbonyl (C=O) groups excluding carboxylic acids is 4. The fourth-order valence-corrected chi connectivity index (χ4v) is 7.56. The minimum Gasteiger partial charge on any atom is -0.508 e. The molecule has 46 heavy (non-hydrogen) atoms. The van der Waals surface area contributed by atoms with Gasteiger partial charge in [0.05, 0.1) is 31.7 Å². The zero-order chi connectivity index (χ0) is 32.3. The molecule has 4 aliphatic rings. The smallest absolute Gasteiger partial charge is 0.238 e. The summed E-state index contributed by atoms with van der Waals surface area (Å²) in [6.07, 6.45) is 3.74. The van der Waals surface area contributed by atoms with Gasteiger partial charge in [-0.2, -0.15) is 0 Å². The summed E-state index contributed by atoms with van der Waals surface area (Å²) in [5.74, 6) is -3.33. The van der Waals surface area contributed by atoms with Gasteiger partial charge in [0.2, 0.25) is 11.8 Å². The Hall–Kier alpha value is -5.44. The van der Waals surface area contributed by atoms with E-state index in [-0.39, 0.29) is 47.1 Å². The van der Waals surface area contributed by atoms with E-state index in [1.54, 1.807) is 19.1 Å². The Morgan fingerprint density at radius 3 is 2.15 bits per heavy atom. The third-order valence-electron chi connectivity index (χ3n) is 9.57. The molecule has 0 spiro atoms. The monoisotopic (exact) mass is 616 g/mol. The van der Waals surface area contributed by atoms with Crippen molar-refractivity contribution >= 4 is 40.4 Å². The quantitative estimate of drug-likeness (QED) is 0.203.